The Kier molecular flexibility index (Phi) is 7.46. The van der Waals surface area contributed by atoms with E-state index in [-0.39, 0.29) is 18.4 Å². The fourth-order valence-corrected chi connectivity index (χ4v) is 2.10. The summed E-state index contributed by atoms with van der Waals surface area (Å²) in [5.74, 6) is -0.317. The first-order valence-electron chi connectivity index (χ1n) is 7.43. The minimum absolute atomic E-state index is 0.0716. The first kappa shape index (κ1) is 17.2. The molecule has 1 aromatic rings. The molecule has 0 heterocycles. The molecule has 5 heteroatoms. The van der Waals surface area contributed by atoms with E-state index in [2.05, 4.69) is 5.32 Å². The molecule has 0 fully saturated rings. The molecular weight excluding hydrogens is 266 g/mol. The summed E-state index contributed by atoms with van der Waals surface area (Å²) < 4.78 is 0. The topological polar surface area (TPSA) is 75.4 Å². The monoisotopic (exact) mass is 291 g/mol. The number of carbonyl (C=O) groups is 2. The van der Waals surface area contributed by atoms with Crippen LogP contribution in [0.3, 0.4) is 0 Å². The third-order valence-electron chi connectivity index (χ3n) is 3.31. The van der Waals surface area contributed by atoms with E-state index in [9.17, 15) is 9.59 Å². The summed E-state index contributed by atoms with van der Waals surface area (Å²) in [6.45, 7) is 4.81. The second kappa shape index (κ2) is 9.13. The van der Waals surface area contributed by atoms with Crippen LogP contribution in [0.1, 0.15) is 25.8 Å². The molecule has 0 radical (unpaired) electrons. The van der Waals surface area contributed by atoms with Crippen molar-refractivity contribution in [3.05, 3.63) is 35.9 Å². The molecule has 0 spiro atoms. The SMILES string of the molecule is CCNC(=O)CN(CC)C(=O)C(N)CCc1ccccc1. The Morgan fingerprint density at radius 3 is 2.48 bits per heavy atom. The first-order chi connectivity index (χ1) is 10.1. The summed E-state index contributed by atoms with van der Waals surface area (Å²) in [4.78, 5) is 25.3. The van der Waals surface area contributed by atoms with Gasteiger partial charge in [-0.2, -0.15) is 0 Å². The van der Waals surface area contributed by atoms with Crippen molar-refractivity contribution in [1.82, 2.24) is 10.2 Å². The van der Waals surface area contributed by atoms with Crippen molar-refractivity contribution in [3.63, 3.8) is 0 Å². The highest BCUT2D eigenvalue weighted by molar-refractivity contribution is 5.87. The Balaban J connectivity index is 2.49. The number of rotatable bonds is 8. The maximum Gasteiger partial charge on any atom is 0.239 e. The minimum atomic E-state index is -0.570. The molecule has 1 rings (SSSR count). The zero-order chi connectivity index (χ0) is 15.7. The van der Waals surface area contributed by atoms with E-state index in [0.29, 0.717) is 19.5 Å². The molecule has 0 aliphatic heterocycles. The molecule has 0 aromatic heterocycles. The molecule has 21 heavy (non-hydrogen) atoms. The van der Waals surface area contributed by atoms with Gasteiger partial charge in [-0.05, 0) is 32.3 Å². The van der Waals surface area contributed by atoms with E-state index in [1.54, 1.807) is 0 Å². The maximum atomic E-state index is 12.3. The zero-order valence-electron chi connectivity index (χ0n) is 12.8. The average Bonchev–Trinajstić information content (AvgIpc) is 2.51. The highest BCUT2D eigenvalue weighted by Crippen LogP contribution is 2.06. The van der Waals surface area contributed by atoms with Crippen LogP contribution in [0.15, 0.2) is 30.3 Å². The highest BCUT2D eigenvalue weighted by atomic mass is 16.2. The molecule has 3 N–H and O–H groups in total. The molecule has 0 saturated carbocycles. The van der Waals surface area contributed by atoms with E-state index in [0.717, 1.165) is 12.0 Å². The molecule has 0 saturated heterocycles. The molecule has 5 nitrogen and oxygen atoms in total. The van der Waals surface area contributed by atoms with Crippen molar-refractivity contribution < 1.29 is 9.59 Å². The average molecular weight is 291 g/mol. The number of aryl methyl sites for hydroxylation is 1. The molecule has 116 valence electrons. The van der Waals surface area contributed by atoms with Crippen molar-refractivity contribution >= 4 is 11.8 Å². The Labute approximate surface area is 126 Å². The largest absolute Gasteiger partial charge is 0.355 e. The van der Waals surface area contributed by atoms with Gasteiger partial charge in [0.25, 0.3) is 0 Å². The number of hydrogen-bond donors (Lipinski definition) is 2. The predicted molar refractivity (Wildman–Crippen MR) is 83.7 cm³/mol. The van der Waals surface area contributed by atoms with Crippen LogP contribution in [-0.2, 0) is 16.0 Å². The van der Waals surface area contributed by atoms with Crippen LogP contribution in [0.4, 0.5) is 0 Å². The van der Waals surface area contributed by atoms with Crippen LogP contribution in [-0.4, -0.2) is 42.4 Å². The van der Waals surface area contributed by atoms with Crippen molar-refractivity contribution in [2.24, 2.45) is 5.73 Å². The lowest BCUT2D eigenvalue weighted by molar-refractivity contribution is -0.137. The van der Waals surface area contributed by atoms with E-state index in [1.807, 2.05) is 44.2 Å². The van der Waals surface area contributed by atoms with Crippen LogP contribution in [0, 0.1) is 0 Å². The van der Waals surface area contributed by atoms with Gasteiger partial charge in [0, 0.05) is 13.1 Å². The molecule has 1 unspecified atom stereocenters. The Morgan fingerprint density at radius 1 is 1.24 bits per heavy atom. The van der Waals surface area contributed by atoms with Crippen LogP contribution in [0.2, 0.25) is 0 Å². The number of benzene rings is 1. The van der Waals surface area contributed by atoms with Crippen molar-refractivity contribution in [2.75, 3.05) is 19.6 Å². The number of nitrogens with zero attached hydrogens (tertiary/aromatic N) is 1. The number of nitrogens with one attached hydrogen (secondary N) is 1. The van der Waals surface area contributed by atoms with Gasteiger partial charge >= 0.3 is 0 Å². The number of likely N-dealkylation sites (N-methyl/N-ethyl adjacent to an activating group) is 2. The van der Waals surface area contributed by atoms with Gasteiger partial charge in [0.2, 0.25) is 11.8 Å². The summed E-state index contributed by atoms with van der Waals surface area (Å²) in [6, 6.07) is 9.36. The van der Waals surface area contributed by atoms with E-state index in [1.165, 1.54) is 4.90 Å². The van der Waals surface area contributed by atoms with E-state index in [4.69, 9.17) is 5.73 Å². The predicted octanol–water partition coefficient (Wildman–Crippen LogP) is 0.931. The molecule has 1 aromatic carbocycles. The molecule has 0 bridgehead atoms. The van der Waals surface area contributed by atoms with E-state index >= 15 is 0 Å². The summed E-state index contributed by atoms with van der Waals surface area (Å²) in [7, 11) is 0. The normalized spacial score (nSPS) is 11.8. The maximum absolute atomic E-state index is 12.3. The van der Waals surface area contributed by atoms with E-state index < -0.39 is 6.04 Å². The van der Waals surface area contributed by atoms with Crippen LogP contribution in [0.25, 0.3) is 0 Å². The van der Waals surface area contributed by atoms with Gasteiger partial charge in [0.1, 0.15) is 0 Å². The lowest BCUT2D eigenvalue weighted by Crippen LogP contribution is -2.47. The van der Waals surface area contributed by atoms with Crippen molar-refractivity contribution in [2.45, 2.75) is 32.7 Å². The first-order valence-corrected chi connectivity index (χ1v) is 7.43. The van der Waals surface area contributed by atoms with Gasteiger partial charge in [0.15, 0.2) is 0 Å². The number of nitrogens with two attached hydrogens (primary N) is 1. The fraction of sp³-hybridized carbons (Fsp3) is 0.500. The summed E-state index contributed by atoms with van der Waals surface area (Å²) >= 11 is 0. The Morgan fingerprint density at radius 2 is 1.90 bits per heavy atom. The Bertz CT molecular complexity index is 448. The number of amides is 2. The van der Waals surface area contributed by atoms with Gasteiger partial charge in [-0.15, -0.1) is 0 Å². The minimum Gasteiger partial charge on any atom is -0.355 e. The van der Waals surface area contributed by atoms with Gasteiger partial charge in [-0.1, -0.05) is 30.3 Å². The summed E-state index contributed by atoms with van der Waals surface area (Å²) in [5, 5.41) is 2.69. The summed E-state index contributed by atoms with van der Waals surface area (Å²) in [6.07, 6.45) is 1.33. The molecule has 1 atom stereocenters. The second-order valence-electron chi connectivity index (χ2n) is 4.94. The second-order valence-corrected chi connectivity index (χ2v) is 4.94. The molecule has 0 aliphatic carbocycles. The summed E-state index contributed by atoms with van der Waals surface area (Å²) in [5.41, 5.74) is 7.13. The smallest absolute Gasteiger partial charge is 0.239 e. The third kappa shape index (κ3) is 5.95. The third-order valence-corrected chi connectivity index (χ3v) is 3.31. The number of hydrogen-bond acceptors (Lipinski definition) is 3. The quantitative estimate of drug-likeness (QED) is 0.748. The van der Waals surface area contributed by atoms with Crippen LogP contribution >= 0.6 is 0 Å². The van der Waals surface area contributed by atoms with Gasteiger partial charge < -0.3 is 16.0 Å². The molecule has 2 amide bonds. The fourth-order valence-electron chi connectivity index (χ4n) is 2.10. The Hall–Kier alpha value is -1.88. The molecular formula is C16H25N3O2. The van der Waals surface area contributed by atoms with Crippen LogP contribution < -0.4 is 11.1 Å². The van der Waals surface area contributed by atoms with Gasteiger partial charge in [0.05, 0.1) is 12.6 Å². The van der Waals surface area contributed by atoms with Crippen molar-refractivity contribution in [3.8, 4) is 0 Å². The van der Waals surface area contributed by atoms with Gasteiger partial charge in [-0.25, -0.2) is 0 Å². The lowest BCUT2D eigenvalue weighted by atomic mass is 10.0. The van der Waals surface area contributed by atoms with Gasteiger partial charge in [-0.3, -0.25) is 9.59 Å². The zero-order valence-corrected chi connectivity index (χ0v) is 12.8. The van der Waals surface area contributed by atoms with Crippen LogP contribution in [0.5, 0.6) is 0 Å². The standard InChI is InChI=1S/C16H25N3O2/c1-3-18-15(20)12-19(4-2)16(21)14(17)11-10-13-8-6-5-7-9-13/h5-9,14H,3-4,10-12,17H2,1-2H3,(H,18,20). The highest BCUT2D eigenvalue weighted by Gasteiger charge is 2.21. The van der Waals surface area contributed by atoms with Crippen molar-refractivity contribution in [1.29, 1.82) is 0 Å². The lowest BCUT2D eigenvalue weighted by Gasteiger charge is -2.23. The molecule has 0 aliphatic rings. The number of carbonyl (C=O) groups excluding carboxylic acids is 2.